The topological polar surface area (TPSA) is 70.7 Å². The summed E-state index contributed by atoms with van der Waals surface area (Å²) in [6, 6.07) is 7.00. The quantitative estimate of drug-likeness (QED) is 0.818. The third-order valence-corrected chi connectivity index (χ3v) is 4.17. The van der Waals surface area contributed by atoms with Crippen molar-refractivity contribution in [2.24, 2.45) is 0 Å². The highest BCUT2D eigenvalue weighted by Gasteiger charge is 2.17. The molecule has 23 heavy (non-hydrogen) atoms. The number of nitrogens with zero attached hydrogens (tertiary/aromatic N) is 1. The van der Waals surface area contributed by atoms with Crippen molar-refractivity contribution in [3.05, 3.63) is 29.8 Å². The molecule has 0 aliphatic carbocycles. The number of methoxy groups -OCH3 is 1. The summed E-state index contributed by atoms with van der Waals surface area (Å²) in [7, 11) is 1.33. The van der Waals surface area contributed by atoms with Crippen LogP contribution in [0.15, 0.2) is 24.3 Å². The molecule has 1 aliphatic heterocycles. The number of amides is 2. The number of carbonyl (C=O) groups excluding carboxylic acids is 2. The Hall–Kier alpha value is -2.08. The molecule has 1 aromatic carbocycles. The number of piperidine rings is 1. The number of carbonyl (C=O) groups is 2. The Morgan fingerprint density at radius 1 is 1.35 bits per heavy atom. The number of urea groups is 1. The molecule has 0 aromatic heterocycles. The molecule has 0 bridgehead atoms. The Labute approximate surface area is 137 Å². The van der Waals surface area contributed by atoms with Gasteiger partial charge in [-0.3, -0.25) is 4.90 Å². The smallest absolute Gasteiger partial charge is 0.337 e. The van der Waals surface area contributed by atoms with Gasteiger partial charge in [0.2, 0.25) is 0 Å². The van der Waals surface area contributed by atoms with Gasteiger partial charge in [-0.1, -0.05) is 12.5 Å². The van der Waals surface area contributed by atoms with E-state index < -0.39 is 5.97 Å². The van der Waals surface area contributed by atoms with Crippen LogP contribution in [0.2, 0.25) is 0 Å². The number of ether oxygens (including phenoxy) is 1. The van der Waals surface area contributed by atoms with Gasteiger partial charge in [0.15, 0.2) is 0 Å². The van der Waals surface area contributed by atoms with Crippen LogP contribution in [-0.2, 0) is 4.74 Å². The van der Waals surface area contributed by atoms with Crippen molar-refractivity contribution < 1.29 is 14.3 Å². The first-order valence-corrected chi connectivity index (χ1v) is 8.07. The van der Waals surface area contributed by atoms with E-state index in [1.807, 2.05) is 0 Å². The van der Waals surface area contributed by atoms with Crippen LogP contribution < -0.4 is 10.6 Å². The highest BCUT2D eigenvalue weighted by molar-refractivity contribution is 5.93. The molecule has 0 spiro atoms. The lowest BCUT2D eigenvalue weighted by Crippen LogP contribution is -2.43. The number of nitrogens with one attached hydrogen (secondary N) is 2. The molecular formula is C17H25N3O3. The van der Waals surface area contributed by atoms with Crippen molar-refractivity contribution in [1.29, 1.82) is 0 Å². The standard InChI is InChI=1S/C17H25N3O3/c1-13-6-3-4-10-20(13)11-9-18-17(22)19-15-8-5-7-14(12-15)16(21)23-2/h5,7-8,12-13H,3-4,6,9-11H2,1-2H3,(H2,18,19,22). The fourth-order valence-corrected chi connectivity index (χ4v) is 2.82. The molecule has 6 nitrogen and oxygen atoms in total. The van der Waals surface area contributed by atoms with E-state index >= 15 is 0 Å². The maximum absolute atomic E-state index is 11.9. The van der Waals surface area contributed by atoms with Crippen molar-refractivity contribution in [1.82, 2.24) is 10.2 Å². The molecule has 126 valence electrons. The predicted molar refractivity (Wildman–Crippen MR) is 89.7 cm³/mol. The number of hydrogen-bond acceptors (Lipinski definition) is 4. The van der Waals surface area contributed by atoms with Crippen molar-refractivity contribution in [2.45, 2.75) is 32.2 Å². The van der Waals surface area contributed by atoms with Crippen LogP contribution in [0.25, 0.3) is 0 Å². The van der Waals surface area contributed by atoms with E-state index in [0.29, 0.717) is 23.8 Å². The Morgan fingerprint density at radius 2 is 2.17 bits per heavy atom. The lowest BCUT2D eigenvalue weighted by molar-refractivity contribution is 0.0600. The molecule has 1 fully saturated rings. The second kappa shape index (κ2) is 8.53. The normalized spacial score (nSPS) is 18.3. The first kappa shape index (κ1) is 17.3. The first-order valence-electron chi connectivity index (χ1n) is 8.07. The Bertz CT molecular complexity index is 548. The summed E-state index contributed by atoms with van der Waals surface area (Å²) in [5.74, 6) is -0.423. The summed E-state index contributed by atoms with van der Waals surface area (Å²) in [6.07, 6.45) is 3.76. The van der Waals surface area contributed by atoms with Crippen LogP contribution in [0.5, 0.6) is 0 Å². The average molecular weight is 319 g/mol. The summed E-state index contributed by atoms with van der Waals surface area (Å²) >= 11 is 0. The van der Waals surface area contributed by atoms with E-state index in [4.69, 9.17) is 0 Å². The first-order chi connectivity index (χ1) is 11.1. The third-order valence-electron chi connectivity index (χ3n) is 4.17. The van der Waals surface area contributed by atoms with Crippen LogP contribution in [0.4, 0.5) is 10.5 Å². The van der Waals surface area contributed by atoms with Crippen molar-refractivity contribution >= 4 is 17.7 Å². The molecular weight excluding hydrogens is 294 g/mol. The monoisotopic (exact) mass is 319 g/mol. The molecule has 1 aromatic rings. The Kier molecular flexibility index (Phi) is 6.40. The van der Waals surface area contributed by atoms with E-state index in [2.05, 4.69) is 27.2 Å². The van der Waals surface area contributed by atoms with Crippen molar-refractivity contribution in [2.75, 3.05) is 32.1 Å². The number of anilines is 1. The zero-order valence-corrected chi connectivity index (χ0v) is 13.8. The minimum Gasteiger partial charge on any atom is -0.465 e. The van der Waals surface area contributed by atoms with Crippen molar-refractivity contribution in [3.63, 3.8) is 0 Å². The van der Waals surface area contributed by atoms with Crippen LogP contribution in [0, 0.1) is 0 Å². The summed E-state index contributed by atoms with van der Waals surface area (Å²) in [4.78, 5) is 25.8. The van der Waals surface area contributed by atoms with Gasteiger partial charge >= 0.3 is 12.0 Å². The fourth-order valence-electron chi connectivity index (χ4n) is 2.82. The second-order valence-electron chi connectivity index (χ2n) is 5.83. The molecule has 6 heteroatoms. The maximum atomic E-state index is 11.9. The summed E-state index contributed by atoms with van der Waals surface area (Å²) in [5, 5.41) is 5.59. The summed E-state index contributed by atoms with van der Waals surface area (Å²) < 4.78 is 4.67. The van der Waals surface area contributed by atoms with Crippen LogP contribution >= 0.6 is 0 Å². The van der Waals surface area contributed by atoms with Gasteiger partial charge in [0.1, 0.15) is 0 Å². The lowest BCUT2D eigenvalue weighted by Gasteiger charge is -2.33. The number of likely N-dealkylation sites (tertiary alicyclic amines) is 1. The summed E-state index contributed by atoms with van der Waals surface area (Å²) in [5.41, 5.74) is 0.976. The molecule has 2 N–H and O–H groups in total. The number of benzene rings is 1. The number of hydrogen-bond donors (Lipinski definition) is 2. The summed E-state index contributed by atoms with van der Waals surface area (Å²) in [6.45, 7) is 4.80. The van der Waals surface area contributed by atoms with Gasteiger partial charge in [-0.25, -0.2) is 9.59 Å². The van der Waals surface area contributed by atoms with Crippen LogP contribution in [0.3, 0.4) is 0 Å². The number of esters is 1. The highest BCUT2D eigenvalue weighted by atomic mass is 16.5. The van der Waals surface area contributed by atoms with Gasteiger partial charge in [-0.05, 0) is 44.5 Å². The molecule has 1 atom stereocenters. The van der Waals surface area contributed by atoms with Crippen molar-refractivity contribution in [3.8, 4) is 0 Å². The largest absolute Gasteiger partial charge is 0.465 e. The predicted octanol–water partition coefficient (Wildman–Crippen LogP) is 2.47. The van der Waals surface area contributed by atoms with E-state index in [0.717, 1.165) is 13.1 Å². The zero-order valence-electron chi connectivity index (χ0n) is 13.8. The average Bonchev–Trinajstić information content (AvgIpc) is 2.56. The molecule has 1 heterocycles. The fraction of sp³-hybridized carbons (Fsp3) is 0.529. The van der Waals surface area contributed by atoms with Gasteiger partial charge in [0, 0.05) is 24.8 Å². The molecule has 2 amide bonds. The van der Waals surface area contributed by atoms with E-state index in [9.17, 15) is 9.59 Å². The minimum atomic E-state index is -0.423. The van der Waals surface area contributed by atoms with Crippen LogP contribution in [0.1, 0.15) is 36.5 Å². The zero-order chi connectivity index (χ0) is 16.7. The van der Waals surface area contributed by atoms with Crippen LogP contribution in [-0.4, -0.2) is 49.7 Å². The molecule has 0 radical (unpaired) electrons. The van der Waals surface area contributed by atoms with Gasteiger partial charge in [-0.15, -0.1) is 0 Å². The highest BCUT2D eigenvalue weighted by Crippen LogP contribution is 2.15. The molecule has 2 rings (SSSR count). The Balaban J connectivity index is 1.77. The second-order valence-corrected chi connectivity index (χ2v) is 5.83. The number of rotatable bonds is 5. The molecule has 0 saturated carbocycles. The van der Waals surface area contributed by atoms with Gasteiger partial charge < -0.3 is 15.4 Å². The Morgan fingerprint density at radius 3 is 2.91 bits per heavy atom. The van der Waals surface area contributed by atoms with E-state index in [1.54, 1.807) is 24.3 Å². The SMILES string of the molecule is COC(=O)c1cccc(NC(=O)NCCN2CCCCC2C)c1. The van der Waals surface area contributed by atoms with E-state index in [1.165, 1.54) is 26.4 Å². The van der Waals surface area contributed by atoms with Gasteiger partial charge in [0.05, 0.1) is 12.7 Å². The lowest BCUT2D eigenvalue weighted by atomic mass is 10.0. The van der Waals surface area contributed by atoms with Gasteiger partial charge in [0.25, 0.3) is 0 Å². The maximum Gasteiger partial charge on any atom is 0.337 e. The molecule has 1 unspecified atom stereocenters. The molecule has 1 aliphatic rings. The van der Waals surface area contributed by atoms with E-state index in [-0.39, 0.29) is 6.03 Å². The third kappa shape index (κ3) is 5.25. The van der Waals surface area contributed by atoms with Gasteiger partial charge in [-0.2, -0.15) is 0 Å². The molecule has 1 saturated heterocycles. The minimum absolute atomic E-state index is 0.267.